The zero-order valence-electron chi connectivity index (χ0n) is 16.3. The predicted molar refractivity (Wildman–Crippen MR) is 101 cm³/mol. The van der Waals surface area contributed by atoms with Crippen molar-refractivity contribution < 1.29 is 19.0 Å². The van der Waals surface area contributed by atoms with E-state index >= 15 is 0 Å². The Labute approximate surface area is 158 Å². The lowest BCUT2D eigenvalue weighted by molar-refractivity contribution is -0.490. The lowest BCUT2D eigenvalue weighted by Gasteiger charge is -2.28. The summed E-state index contributed by atoms with van der Waals surface area (Å²) < 4.78 is 1.77. The topological polar surface area (TPSA) is 72.7 Å². The average molecular weight is 369 g/mol. The van der Waals surface area contributed by atoms with Crippen molar-refractivity contribution in [2.24, 2.45) is 5.92 Å². The summed E-state index contributed by atoms with van der Waals surface area (Å²) in [5, 5.41) is 2.95. The number of imide groups is 1. The maximum absolute atomic E-state index is 12.9. The third-order valence-electron chi connectivity index (χ3n) is 4.59. The van der Waals surface area contributed by atoms with Gasteiger partial charge in [0.05, 0.1) is 7.05 Å². The number of benzene rings is 1. The van der Waals surface area contributed by atoms with Crippen LogP contribution >= 0.6 is 0 Å². The molecule has 2 heterocycles. The summed E-state index contributed by atoms with van der Waals surface area (Å²) in [6.45, 7) is 6.09. The van der Waals surface area contributed by atoms with E-state index < -0.39 is 17.5 Å². The smallest absolute Gasteiger partial charge is 0.344 e. The Kier molecular flexibility index (Phi) is 4.63. The van der Waals surface area contributed by atoms with Gasteiger partial charge in [-0.15, -0.1) is 0 Å². The molecular weight excluding hydrogens is 344 g/mol. The van der Waals surface area contributed by atoms with Gasteiger partial charge in [-0.05, 0) is 32.4 Å². The van der Waals surface area contributed by atoms with Crippen LogP contribution in [0, 0.1) is 5.92 Å². The second-order valence-corrected chi connectivity index (χ2v) is 7.90. The molecular formula is C20H25N4O3+. The summed E-state index contributed by atoms with van der Waals surface area (Å²) >= 11 is 0. The second kappa shape index (κ2) is 6.64. The molecule has 4 amide bonds. The Bertz CT molecular complexity index is 865. The van der Waals surface area contributed by atoms with Gasteiger partial charge in [0, 0.05) is 12.6 Å². The first-order chi connectivity index (χ1) is 12.6. The van der Waals surface area contributed by atoms with E-state index in [2.05, 4.69) is 5.32 Å². The Morgan fingerprint density at radius 3 is 2.33 bits per heavy atom. The molecule has 142 valence electrons. The zero-order chi connectivity index (χ0) is 19.9. The Morgan fingerprint density at radius 1 is 1.11 bits per heavy atom. The van der Waals surface area contributed by atoms with Crippen molar-refractivity contribution in [3.63, 3.8) is 0 Å². The number of rotatable bonds is 3. The van der Waals surface area contributed by atoms with Crippen LogP contribution in [0.3, 0.4) is 0 Å². The van der Waals surface area contributed by atoms with Crippen molar-refractivity contribution in [3.8, 4) is 0 Å². The molecule has 1 N–H and O–H groups in total. The molecule has 0 bridgehead atoms. The van der Waals surface area contributed by atoms with Crippen LogP contribution in [0.5, 0.6) is 0 Å². The van der Waals surface area contributed by atoms with Crippen LogP contribution < -0.4 is 5.32 Å². The molecule has 1 atom stereocenters. The Morgan fingerprint density at radius 2 is 1.74 bits per heavy atom. The van der Waals surface area contributed by atoms with Crippen LogP contribution in [-0.4, -0.2) is 57.7 Å². The minimum atomic E-state index is -0.651. The number of hydrogen-bond donors (Lipinski definition) is 1. The number of amides is 4. The maximum atomic E-state index is 12.9. The predicted octanol–water partition coefficient (Wildman–Crippen LogP) is 1.55. The summed E-state index contributed by atoms with van der Waals surface area (Å²) in [4.78, 5) is 40.6. The van der Waals surface area contributed by atoms with Gasteiger partial charge in [0.15, 0.2) is 11.6 Å². The van der Waals surface area contributed by atoms with Crippen molar-refractivity contribution in [1.82, 2.24) is 15.1 Å². The number of nitrogens with one attached hydrogen (secondary N) is 1. The lowest BCUT2D eigenvalue weighted by atomic mass is 10.0. The molecule has 7 nitrogen and oxygen atoms in total. The molecule has 1 fully saturated rings. The molecule has 0 spiro atoms. The van der Waals surface area contributed by atoms with Gasteiger partial charge in [-0.3, -0.25) is 9.59 Å². The van der Waals surface area contributed by atoms with Crippen LogP contribution in [0.1, 0.15) is 26.3 Å². The molecule has 27 heavy (non-hydrogen) atoms. The third-order valence-corrected chi connectivity index (χ3v) is 4.59. The molecule has 1 aromatic carbocycles. The molecule has 0 aromatic heterocycles. The van der Waals surface area contributed by atoms with Crippen molar-refractivity contribution in [3.05, 3.63) is 47.7 Å². The van der Waals surface area contributed by atoms with Gasteiger partial charge in [0.25, 0.3) is 17.6 Å². The monoisotopic (exact) mass is 369 g/mol. The van der Waals surface area contributed by atoms with E-state index in [0.29, 0.717) is 18.1 Å². The van der Waals surface area contributed by atoms with Crippen LogP contribution in [-0.2, 0) is 16.1 Å². The number of hydrogen-bond acceptors (Lipinski definition) is 3. The highest BCUT2D eigenvalue weighted by atomic mass is 16.2. The van der Waals surface area contributed by atoms with E-state index in [1.54, 1.807) is 17.7 Å². The number of amidine groups is 1. The first-order valence-corrected chi connectivity index (χ1v) is 8.88. The standard InChI is InChI=1S/C20H24N4O3/c1-20(2,3)21-16(25)15-11-14-17(22(4)19(27)23(5)18(14)26)24(15)12-13-9-7-6-8-10-13/h6-11,14H,12H2,1-5H3/p+1. The molecule has 0 radical (unpaired) electrons. The van der Waals surface area contributed by atoms with Crippen molar-refractivity contribution in [1.29, 1.82) is 0 Å². The minimum absolute atomic E-state index is 0.267. The fourth-order valence-corrected chi connectivity index (χ4v) is 3.35. The van der Waals surface area contributed by atoms with Gasteiger partial charge < -0.3 is 5.32 Å². The van der Waals surface area contributed by atoms with Crippen molar-refractivity contribution in [2.75, 3.05) is 14.1 Å². The quantitative estimate of drug-likeness (QED) is 0.822. The van der Waals surface area contributed by atoms with E-state index in [0.717, 1.165) is 10.5 Å². The van der Waals surface area contributed by atoms with Gasteiger partial charge in [-0.2, -0.15) is 4.90 Å². The fourth-order valence-electron chi connectivity index (χ4n) is 3.35. The van der Waals surface area contributed by atoms with Crippen LogP contribution in [0.15, 0.2) is 42.1 Å². The zero-order valence-corrected chi connectivity index (χ0v) is 16.3. The molecule has 2 aliphatic rings. The van der Waals surface area contributed by atoms with E-state index in [4.69, 9.17) is 0 Å². The first-order valence-electron chi connectivity index (χ1n) is 8.88. The number of carbonyl (C=O) groups is 3. The molecule has 0 aliphatic carbocycles. The second-order valence-electron chi connectivity index (χ2n) is 7.90. The lowest BCUT2D eigenvalue weighted by Crippen LogP contribution is -2.57. The van der Waals surface area contributed by atoms with E-state index in [-0.39, 0.29) is 11.8 Å². The fraction of sp³-hybridized carbons (Fsp3) is 0.400. The van der Waals surface area contributed by atoms with Gasteiger partial charge in [0.1, 0.15) is 6.54 Å². The van der Waals surface area contributed by atoms with E-state index in [9.17, 15) is 14.4 Å². The summed E-state index contributed by atoms with van der Waals surface area (Å²) in [6, 6.07) is 9.25. The number of carbonyl (C=O) groups excluding carboxylic acids is 3. The largest absolute Gasteiger partial charge is 0.417 e. The summed E-state index contributed by atoms with van der Waals surface area (Å²) in [5.41, 5.74) is 0.946. The van der Waals surface area contributed by atoms with Gasteiger partial charge >= 0.3 is 6.03 Å². The molecule has 1 aromatic rings. The number of urea groups is 1. The summed E-state index contributed by atoms with van der Waals surface area (Å²) in [5.74, 6) is -0.727. The van der Waals surface area contributed by atoms with Gasteiger partial charge in [-0.25, -0.2) is 14.3 Å². The third kappa shape index (κ3) is 3.49. The molecule has 0 saturated carbocycles. The summed E-state index contributed by atoms with van der Waals surface area (Å²) in [7, 11) is 3.09. The van der Waals surface area contributed by atoms with E-state index in [1.165, 1.54) is 11.9 Å². The average Bonchev–Trinajstić information content (AvgIpc) is 2.97. The van der Waals surface area contributed by atoms with E-state index in [1.807, 2.05) is 51.1 Å². The molecule has 1 unspecified atom stereocenters. The normalized spacial score (nSPS) is 20.0. The van der Waals surface area contributed by atoms with Crippen molar-refractivity contribution >= 4 is 23.7 Å². The highest BCUT2D eigenvalue weighted by Crippen LogP contribution is 2.27. The minimum Gasteiger partial charge on any atom is -0.344 e. The molecule has 2 aliphatic heterocycles. The van der Waals surface area contributed by atoms with Crippen molar-refractivity contribution in [2.45, 2.75) is 32.9 Å². The first kappa shape index (κ1) is 18.8. The van der Waals surface area contributed by atoms with Gasteiger partial charge in [0.2, 0.25) is 0 Å². The molecule has 3 rings (SSSR count). The molecule has 1 saturated heterocycles. The SMILES string of the molecule is CN1C(=O)C2C=C(C(=O)NC(C)(C)C)[N+](Cc3ccccc3)=C2N(C)C1=O. The molecule has 7 heteroatoms. The van der Waals surface area contributed by atoms with Crippen LogP contribution in [0.4, 0.5) is 4.79 Å². The summed E-state index contributed by atoms with van der Waals surface area (Å²) in [6.07, 6.45) is 1.65. The number of nitrogens with zero attached hydrogens (tertiary/aromatic N) is 3. The highest BCUT2D eigenvalue weighted by Gasteiger charge is 2.51. The Balaban J connectivity index is 2.08. The number of fused-ring (bicyclic) bond motifs is 1. The van der Waals surface area contributed by atoms with Crippen LogP contribution in [0.2, 0.25) is 0 Å². The van der Waals surface area contributed by atoms with Gasteiger partial charge in [-0.1, -0.05) is 30.3 Å². The Hall–Kier alpha value is -2.96. The highest BCUT2D eigenvalue weighted by molar-refractivity contribution is 6.19. The maximum Gasteiger partial charge on any atom is 0.417 e. The van der Waals surface area contributed by atoms with Crippen LogP contribution in [0.25, 0.3) is 0 Å².